The van der Waals surface area contributed by atoms with Gasteiger partial charge in [-0.25, -0.2) is 4.99 Å². The van der Waals surface area contributed by atoms with Gasteiger partial charge < -0.3 is 0 Å². The summed E-state index contributed by atoms with van der Waals surface area (Å²) in [5.41, 5.74) is 1.40. The van der Waals surface area contributed by atoms with Crippen LogP contribution in [0.5, 0.6) is 0 Å². The van der Waals surface area contributed by atoms with Crippen LogP contribution < -0.4 is 0 Å². The third-order valence-corrected chi connectivity index (χ3v) is 0.658. The Kier molecular flexibility index (Phi) is 5.69. The van der Waals surface area contributed by atoms with Gasteiger partial charge in [0.05, 0.1) is 11.7 Å². The third kappa shape index (κ3) is 5.83. The summed E-state index contributed by atoms with van der Waals surface area (Å²) in [6.45, 7) is 0.535. The predicted molar refractivity (Wildman–Crippen MR) is 34.9 cm³/mol. The van der Waals surface area contributed by atoms with E-state index in [-0.39, 0.29) is 0 Å². The largest absolute Gasteiger partial charge is 0.228 e. The second-order valence-corrected chi connectivity index (χ2v) is 1.23. The SMILES string of the molecule is S=C=NC/C=C\Cl. The first-order chi connectivity index (χ1) is 3.41. The number of rotatable bonds is 2. The fourth-order valence-corrected chi connectivity index (χ4v) is 0.284. The van der Waals surface area contributed by atoms with Crippen LogP contribution in [0.3, 0.4) is 0 Å². The van der Waals surface area contributed by atoms with Gasteiger partial charge in [-0.15, -0.1) is 0 Å². The lowest BCUT2D eigenvalue weighted by Crippen LogP contribution is -1.63. The molecule has 0 radical (unpaired) electrons. The fourth-order valence-electron chi connectivity index (χ4n) is 0.130. The smallest absolute Gasteiger partial charge is 0.0685 e. The zero-order valence-electron chi connectivity index (χ0n) is 3.60. The van der Waals surface area contributed by atoms with E-state index < -0.39 is 0 Å². The van der Waals surface area contributed by atoms with E-state index in [1.54, 1.807) is 6.08 Å². The summed E-state index contributed by atoms with van der Waals surface area (Å²) in [6.07, 6.45) is 1.68. The molecule has 0 aliphatic rings. The molecule has 38 valence electrons. The van der Waals surface area contributed by atoms with Gasteiger partial charge in [-0.2, -0.15) is 0 Å². The van der Waals surface area contributed by atoms with Crippen molar-refractivity contribution in [2.24, 2.45) is 4.99 Å². The van der Waals surface area contributed by atoms with Crippen molar-refractivity contribution in [2.45, 2.75) is 0 Å². The number of halogens is 1. The van der Waals surface area contributed by atoms with Crippen molar-refractivity contribution in [1.82, 2.24) is 0 Å². The molecule has 0 fully saturated rings. The molecular weight excluding hydrogens is 130 g/mol. The number of hydrogen-bond donors (Lipinski definition) is 0. The molecule has 0 aliphatic carbocycles. The first kappa shape index (κ1) is 6.83. The molecule has 0 unspecified atom stereocenters. The van der Waals surface area contributed by atoms with Crippen molar-refractivity contribution in [2.75, 3.05) is 6.54 Å². The molecule has 0 rings (SSSR count). The topological polar surface area (TPSA) is 12.4 Å². The van der Waals surface area contributed by atoms with Crippen LogP contribution in [-0.2, 0) is 0 Å². The maximum Gasteiger partial charge on any atom is 0.0685 e. The van der Waals surface area contributed by atoms with Crippen LogP contribution in [-0.4, -0.2) is 11.7 Å². The number of aliphatic imine (C=N–C) groups is 1. The highest BCUT2D eigenvalue weighted by Crippen LogP contribution is 1.76. The number of thiocarbonyl (C=S) groups is 1. The van der Waals surface area contributed by atoms with Crippen molar-refractivity contribution in [3.8, 4) is 0 Å². The lowest BCUT2D eigenvalue weighted by molar-refractivity contribution is 1.27. The van der Waals surface area contributed by atoms with E-state index >= 15 is 0 Å². The van der Waals surface area contributed by atoms with E-state index in [1.165, 1.54) is 5.54 Å². The van der Waals surface area contributed by atoms with Crippen molar-refractivity contribution in [3.63, 3.8) is 0 Å². The molecule has 3 heteroatoms. The monoisotopic (exact) mass is 133 g/mol. The van der Waals surface area contributed by atoms with Crippen LogP contribution in [0, 0.1) is 0 Å². The first-order valence-electron chi connectivity index (χ1n) is 1.70. The highest BCUT2D eigenvalue weighted by molar-refractivity contribution is 7.78. The Hall–Kier alpha value is -0.170. The van der Waals surface area contributed by atoms with Crippen molar-refractivity contribution < 1.29 is 0 Å². The lowest BCUT2D eigenvalue weighted by Gasteiger charge is -1.69. The molecule has 0 aromatic rings. The van der Waals surface area contributed by atoms with Gasteiger partial charge in [0, 0.05) is 5.54 Å². The van der Waals surface area contributed by atoms with Crippen LogP contribution in [0.1, 0.15) is 0 Å². The van der Waals surface area contributed by atoms with Gasteiger partial charge in [0.15, 0.2) is 0 Å². The van der Waals surface area contributed by atoms with Crippen molar-refractivity contribution >= 4 is 29.0 Å². The van der Waals surface area contributed by atoms with Gasteiger partial charge in [-0.1, -0.05) is 17.7 Å². The molecule has 7 heavy (non-hydrogen) atoms. The summed E-state index contributed by atoms with van der Waals surface area (Å²) in [5, 5.41) is 2.20. The van der Waals surface area contributed by atoms with Crippen LogP contribution >= 0.6 is 23.8 Å². The summed E-state index contributed by atoms with van der Waals surface area (Å²) in [4.78, 5) is 3.56. The molecule has 0 N–H and O–H groups in total. The van der Waals surface area contributed by atoms with E-state index in [1.807, 2.05) is 0 Å². The molecule has 0 saturated carbocycles. The van der Waals surface area contributed by atoms with E-state index in [0.717, 1.165) is 0 Å². The first-order valence-corrected chi connectivity index (χ1v) is 2.55. The summed E-state index contributed by atoms with van der Waals surface area (Å²) in [5.74, 6) is 0. The molecule has 0 aliphatic heterocycles. The molecule has 0 atom stereocenters. The average molecular weight is 134 g/mol. The van der Waals surface area contributed by atoms with E-state index in [9.17, 15) is 0 Å². The standard InChI is InChI=1S/C4H4ClNS/c5-2-1-3-6-4-7/h1-2H,3H2/b2-1-. The molecule has 0 aromatic carbocycles. The van der Waals surface area contributed by atoms with Gasteiger partial charge in [0.1, 0.15) is 0 Å². The molecular formula is C4H4ClNS. The zero-order chi connectivity index (χ0) is 5.54. The van der Waals surface area contributed by atoms with Crippen LogP contribution in [0.25, 0.3) is 0 Å². The minimum absolute atomic E-state index is 0.535. The molecule has 0 aromatic heterocycles. The Balaban J connectivity index is 3.15. The van der Waals surface area contributed by atoms with Crippen LogP contribution in [0.2, 0.25) is 0 Å². The minimum atomic E-state index is 0.535. The molecule has 0 spiro atoms. The maximum atomic E-state index is 5.13. The zero-order valence-corrected chi connectivity index (χ0v) is 5.17. The Morgan fingerprint density at radius 2 is 2.57 bits per heavy atom. The lowest BCUT2D eigenvalue weighted by atomic mass is 10.7. The Morgan fingerprint density at radius 3 is 3.00 bits per heavy atom. The Morgan fingerprint density at radius 1 is 1.86 bits per heavy atom. The highest BCUT2D eigenvalue weighted by Gasteiger charge is 1.62. The van der Waals surface area contributed by atoms with Gasteiger partial charge >= 0.3 is 0 Å². The maximum absolute atomic E-state index is 5.13. The van der Waals surface area contributed by atoms with Crippen molar-refractivity contribution in [3.05, 3.63) is 11.6 Å². The summed E-state index contributed by atoms with van der Waals surface area (Å²) >= 11 is 9.41. The van der Waals surface area contributed by atoms with E-state index in [4.69, 9.17) is 11.6 Å². The second-order valence-electron chi connectivity index (χ2n) is 0.794. The number of nitrogens with zero attached hydrogens (tertiary/aromatic N) is 1. The quantitative estimate of drug-likeness (QED) is 0.414. The summed E-state index contributed by atoms with van der Waals surface area (Å²) < 4.78 is 0. The number of isothiocyanates is 1. The molecule has 0 heterocycles. The third-order valence-electron chi connectivity index (χ3n) is 0.350. The number of hydrogen-bond acceptors (Lipinski definition) is 2. The van der Waals surface area contributed by atoms with Gasteiger partial charge in [-0.05, 0) is 12.2 Å². The summed E-state index contributed by atoms with van der Waals surface area (Å²) in [6, 6.07) is 0. The summed E-state index contributed by atoms with van der Waals surface area (Å²) in [7, 11) is 0. The molecule has 0 bridgehead atoms. The van der Waals surface area contributed by atoms with Gasteiger partial charge in [-0.3, -0.25) is 0 Å². The molecule has 1 nitrogen and oxygen atoms in total. The Bertz CT molecular complexity index is 104. The molecule has 0 saturated heterocycles. The van der Waals surface area contributed by atoms with E-state index in [2.05, 4.69) is 22.4 Å². The average Bonchev–Trinajstić information content (AvgIpc) is 1.69. The normalized spacial score (nSPS) is 8.71. The highest BCUT2D eigenvalue weighted by atomic mass is 35.5. The Labute approximate surface area is 52.7 Å². The van der Waals surface area contributed by atoms with E-state index in [0.29, 0.717) is 6.54 Å². The van der Waals surface area contributed by atoms with Crippen LogP contribution in [0.4, 0.5) is 0 Å². The fraction of sp³-hybridized carbons (Fsp3) is 0.250. The van der Waals surface area contributed by atoms with Gasteiger partial charge in [0.25, 0.3) is 0 Å². The van der Waals surface area contributed by atoms with Crippen molar-refractivity contribution in [1.29, 1.82) is 0 Å². The molecule has 0 amide bonds. The minimum Gasteiger partial charge on any atom is -0.228 e. The second kappa shape index (κ2) is 5.83. The van der Waals surface area contributed by atoms with Crippen LogP contribution in [0.15, 0.2) is 16.6 Å². The predicted octanol–water partition coefficient (Wildman–Crippen LogP) is 1.84. The van der Waals surface area contributed by atoms with Gasteiger partial charge in [0.2, 0.25) is 0 Å².